The third-order valence-corrected chi connectivity index (χ3v) is 2.42. The number of methoxy groups -OCH3 is 1. The highest BCUT2D eigenvalue weighted by Crippen LogP contribution is 2.12. The topological polar surface area (TPSA) is 38.3 Å². The Morgan fingerprint density at radius 1 is 1.41 bits per heavy atom. The van der Waals surface area contributed by atoms with E-state index < -0.39 is 23.1 Å². The molecule has 0 fully saturated rings. The molecule has 1 rings (SSSR count). The Hall–Kier alpha value is -1.49. The molecule has 1 aromatic carbocycles. The highest BCUT2D eigenvalue weighted by Gasteiger charge is 2.20. The van der Waals surface area contributed by atoms with Gasteiger partial charge in [-0.3, -0.25) is 4.79 Å². The summed E-state index contributed by atoms with van der Waals surface area (Å²) in [6, 6.07) is 3.48. The van der Waals surface area contributed by atoms with Gasteiger partial charge in [-0.1, -0.05) is 6.07 Å². The van der Waals surface area contributed by atoms with Gasteiger partial charge in [0.2, 0.25) is 0 Å². The number of carbonyl (C=O) groups is 1. The summed E-state index contributed by atoms with van der Waals surface area (Å²) in [6.07, 6.45) is 0. The first-order valence-corrected chi connectivity index (χ1v) is 5.15. The summed E-state index contributed by atoms with van der Waals surface area (Å²) >= 11 is 0. The Morgan fingerprint density at radius 2 is 2.06 bits per heavy atom. The van der Waals surface area contributed by atoms with E-state index in [2.05, 4.69) is 5.32 Å². The van der Waals surface area contributed by atoms with Gasteiger partial charge in [0.1, 0.15) is 0 Å². The fraction of sp³-hybridized carbons (Fsp3) is 0.417. The molecule has 1 N–H and O–H groups in total. The highest BCUT2D eigenvalue weighted by molar-refractivity contribution is 5.94. The summed E-state index contributed by atoms with van der Waals surface area (Å²) in [6.45, 7) is 3.75. The van der Waals surface area contributed by atoms with Gasteiger partial charge in [-0.15, -0.1) is 0 Å². The Balaban J connectivity index is 2.74. The maximum Gasteiger partial charge on any atom is 0.254 e. The normalized spacial score (nSPS) is 11.4. The zero-order valence-corrected chi connectivity index (χ0v) is 10.0. The van der Waals surface area contributed by atoms with Crippen molar-refractivity contribution in [1.82, 2.24) is 5.32 Å². The number of benzene rings is 1. The fourth-order valence-corrected chi connectivity index (χ4v) is 1.14. The van der Waals surface area contributed by atoms with Crippen molar-refractivity contribution >= 4 is 5.91 Å². The molecule has 1 amide bonds. The number of halogens is 2. The van der Waals surface area contributed by atoms with Crippen LogP contribution in [0.3, 0.4) is 0 Å². The summed E-state index contributed by atoms with van der Waals surface area (Å²) in [7, 11) is 1.51. The van der Waals surface area contributed by atoms with Crippen molar-refractivity contribution in [2.75, 3.05) is 13.7 Å². The van der Waals surface area contributed by atoms with Crippen LogP contribution in [0.15, 0.2) is 18.2 Å². The van der Waals surface area contributed by atoms with Crippen LogP contribution in [0.5, 0.6) is 0 Å². The first-order chi connectivity index (χ1) is 7.87. The average Bonchev–Trinajstić information content (AvgIpc) is 2.30. The molecule has 3 nitrogen and oxygen atoms in total. The van der Waals surface area contributed by atoms with Crippen LogP contribution in [0.2, 0.25) is 0 Å². The highest BCUT2D eigenvalue weighted by atomic mass is 19.2. The molecule has 0 spiro atoms. The summed E-state index contributed by atoms with van der Waals surface area (Å²) in [5.41, 5.74) is -0.865. The molecule has 0 aromatic heterocycles. The molecule has 0 aliphatic heterocycles. The monoisotopic (exact) mass is 243 g/mol. The molecule has 0 saturated heterocycles. The van der Waals surface area contributed by atoms with Gasteiger partial charge in [0.15, 0.2) is 11.6 Å². The number of hydrogen-bond acceptors (Lipinski definition) is 2. The van der Waals surface area contributed by atoms with E-state index in [1.807, 2.05) is 0 Å². The van der Waals surface area contributed by atoms with Gasteiger partial charge in [0, 0.05) is 13.7 Å². The summed E-state index contributed by atoms with van der Waals surface area (Å²) < 4.78 is 31.3. The SMILES string of the molecule is COC(C)(C)CNC(=O)c1cccc(F)c1F. The second-order valence-electron chi connectivity index (χ2n) is 4.25. The molecule has 94 valence electrons. The zero-order chi connectivity index (χ0) is 13.1. The maximum atomic E-state index is 13.3. The van der Waals surface area contributed by atoms with E-state index in [0.717, 1.165) is 6.07 Å². The third-order valence-electron chi connectivity index (χ3n) is 2.42. The van der Waals surface area contributed by atoms with E-state index in [1.165, 1.54) is 19.2 Å². The second kappa shape index (κ2) is 5.23. The van der Waals surface area contributed by atoms with Crippen molar-refractivity contribution in [2.45, 2.75) is 19.4 Å². The van der Waals surface area contributed by atoms with Crippen LogP contribution < -0.4 is 5.32 Å². The minimum Gasteiger partial charge on any atom is -0.377 e. The molecular weight excluding hydrogens is 228 g/mol. The van der Waals surface area contributed by atoms with Crippen LogP contribution in [0.1, 0.15) is 24.2 Å². The molecule has 0 radical (unpaired) electrons. The molecule has 0 unspecified atom stereocenters. The van der Waals surface area contributed by atoms with E-state index in [-0.39, 0.29) is 12.1 Å². The minimum absolute atomic E-state index is 0.207. The predicted molar refractivity (Wildman–Crippen MR) is 59.8 cm³/mol. The average molecular weight is 243 g/mol. The zero-order valence-electron chi connectivity index (χ0n) is 10.0. The van der Waals surface area contributed by atoms with Gasteiger partial charge in [0.05, 0.1) is 11.2 Å². The number of ether oxygens (including phenoxy) is 1. The van der Waals surface area contributed by atoms with E-state index in [1.54, 1.807) is 13.8 Å². The molecule has 17 heavy (non-hydrogen) atoms. The van der Waals surface area contributed by atoms with Crippen LogP contribution in [-0.4, -0.2) is 25.2 Å². The van der Waals surface area contributed by atoms with Gasteiger partial charge in [-0.25, -0.2) is 8.78 Å². The van der Waals surface area contributed by atoms with Crippen molar-refractivity contribution in [3.8, 4) is 0 Å². The lowest BCUT2D eigenvalue weighted by atomic mass is 10.1. The number of carbonyl (C=O) groups excluding carboxylic acids is 1. The fourth-order valence-electron chi connectivity index (χ4n) is 1.14. The van der Waals surface area contributed by atoms with Gasteiger partial charge in [-0.05, 0) is 26.0 Å². The molecule has 0 heterocycles. The van der Waals surface area contributed by atoms with Gasteiger partial charge in [0.25, 0.3) is 5.91 Å². The molecule has 0 atom stereocenters. The minimum atomic E-state index is -1.14. The van der Waals surface area contributed by atoms with Crippen LogP contribution >= 0.6 is 0 Å². The molecule has 5 heteroatoms. The number of hydrogen-bond donors (Lipinski definition) is 1. The van der Waals surface area contributed by atoms with Gasteiger partial charge < -0.3 is 10.1 Å². The molecule has 0 aliphatic carbocycles. The predicted octanol–water partition coefficient (Wildman–Crippen LogP) is 2.12. The second-order valence-corrected chi connectivity index (χ2v) is 4.25. The van der Waals surface area contributed by atoms with Crippen molar-refractivity contribution in [1.29, 1.82) is 0 Å². The van der Waals surface area contributed by atoms with Gasteiger partial charge >= 0.3 is 0 Å². The Morgan fingerprint density at radius 3 is 2.65 bits per heavy atom. The van der Waals surface area contributed by atoms with E-state index in [4.69, 9.17) is 4.74 Å². The number of nitrogens with one attached hydrogen (secondary N) is 1. The number of amides is 1. The summed E-state index contributed by atoms with van der Waals surface area (Å²) in [4.78, 5) is 11.6. The van der Waals surface area contributed by atoms with Crippen LogP contribution in [0.25, 0.3) is 0 Å². The lowest BCUT2D eigenvalue weighted by Crippen LogP contribution is -2.40. The standard InChI is InChI=1S/C12H15F2NO2/c1-12(2,17-3)7-15-11(16)8-5-4-6-9(13)10(8)14/h4-6H,7H2,1-3H3,(H,15,16). The molecular formula is C12H15F2NO2. The Bertz CT molecular complexity index is 419. The maximum absolute atomic E-state index is 13.3. The molecule has 0 saturated carbocycles. The van der Waals surface area contributed by atoms with Crippen LogP contribution in [0.4, 0.5) is 8.78 Å². The van der Waals surface area contributed by atoms with Crippen molar-refractivity contribution < 1.29 is 18.3 Å². The summed E-state index contributed by atoms with van der Waals surface area (Å²) in [5.74, 6) is -2.84. The molecule has 0 aliphatic rings. The lowest BCUT2D eigenvalue weighted by Gasteiger charge is -2.23. The quantitative estimate of drug-likeness (QED) is 0.879. The Kier molecular flexibility index (Phi) is 4.17. The van der Waals surface area contributed by atoms with Crippen LogP contribution in [-0.2, 0) is 4.74 Å². The largest absolute Gasteiger partial charge is 0.377 e. The first kappa shape index (κ1) is 13.6. The summed E-state index contributed by atoms with van der Waals surface area (Å²) in [5, 5.41) is 2.49. The molecule has 0 bridgehead atoms. The van der Waals surface area contributed by atoms with E-state index >= 15 is 0 Å². The van der Waals surface area contributed by atoms with Crippen LogP contribution in [0, 0.1) is 11.6 Å². The lowest BCUT2D eigenvalue weighted by molar-refractivity contribution is 0.0228. The van der Waals surface area contributed by atoms with Crippen molar-refractivity contribution in [3.05, 3.63) is 35.4 Å². The molecule has 1 aromatic rings. The van der Waals surface area contributed by atoms with E-state index in [0.29, 0.717) is 0 Å². The Labute approximate surface area is 98.8 Å². The smallest absolute Gasteiger partial charge is 0.254 e. The van der Waals surface area contributed by atoms with Gasteiger partial charge in [-0.2, -0.15) is 0 Å². The third kappa shape index (κ3) is 3.49. The van der Waals surface area contributed by atoms with Crippen molar-refractivity contribution in [2.24, 2.45) is 0 Å². The number of rotatable bonds is 4. The van der Waals surface area contributed by atoms with E-state index in [9.17, 15) is 13.6 Å². The van der Waals surface area contributed by atoms with Crippen molar-refractivity contribution in [3.63, 3.8) is 0 Å². The first-order valence-electron chi connectivity index (χ1n) is 5.15.